The third-order valence-corrected chi connectivity index (χ3v) is 5.08. The number of allylic oxidation sites excluding steroid dienone is 1. The second-order valence-electron chi connectivity index (χ2n) is 5.21. The van der Waals surface area contributed by atoms with Gasteiger partial charge in [-0.1, -0.05) is 41.4 Å². The molecule has 1 aromatic carbocycles. The van der Waals surface area contributed by atoms with Gasteiger partial charge in [-0.25, -0.2) is 0 Å². The summed E-state index contributed by atoms with van der Waals surface area (Å²) < 4.78 is 1.42. The van der Waals surface area contributed by atoms with E-state index in [9.17, 15) is 0 Å². The highest BCUT2D eigenvalue weighted by atomic mass is 79.9. The van der Waals surface area contributed by atoms with Crippen LogP contribution in [0, 0.1) is 0 Å². The smallest absolute Gasteiger partial charge is 0.0251 e. The molecule has 0 bridgehead atoms. The largest absolute Gasteiger partial charge is 0.0795 e. The number of benzene rings is 1. The normalized spacial score (nSPS) is 17.1. The Morgan fingerprint density at radius 1 is 1.12 bits per heavy atom. The third-order valence-electron chi connectivity index (χ3n) is 4.12. The molecule has 0 heterocycles. The molecule has 0 aromatic heterocycles. The Labute approximate surface area is 112 Å². The summed E-state index contributed by atoms with van der Waals surface area (Å²) in [5.41, 5.74) is 8.06. The standard InChI is InChI=1S/C16H19Br/c1-2-6-11-12-7-3-4-8-14(12)16(17)15-10-5-9-13(11)15/h5,9H,2-4,6-8,10H2,1H3. The van der Waals surface area contributed by atoms with Crippen LogP contribution in [0.5, 0.6) is 0 Å². The molecule has 0 amide bonds. The van der Waals surface area contributed by atoms with E-state index in [1.165, 1.54) is 43.0 Å². The van der Waals surface area contributed by atoms with Crippen molar-refractivity contribution in [3.63, 3.8) is 0 Å². The molecule has 0 nitrogen and oxygen atoms in total. The van der Waals surface area contributed by atoms with Gasteiger partial charge < -0.3 is 0 Å². The summed E-state index contributed by atoms with van der Waals surface area (Å²) in [4.78, 5) is 0. The zero-order valence-electron chi connectivity index (χ0n) is 10.5. The first-order chi connectivity index (χ1) is 8.33. The van der Waals surface area contributed by atoms with E-state index < -0.39 is 0 Å². The predicted molar refractivity (Wildman–Crippen MR) is 77.5 cm³/mol. The quantitative estimate of drug-likeness (QED) is 0.730. The van der Waals surface area contributed by atoms with Gasteiger partial charge in [0.2, 0.25) is 0 Å². The lowest BCUT2D eigenvalue weighted by molar-refractivity contribution is 0.672. The van der Waals surface area contributed by atoms with Crippen molar-refractivity contribution in [3.8, 4) is 0 Å². The summed E-state index contributed by atoms with van der Waals surface area (Å²) in [6.45, 7) is 2.29. The minimum absolute atomic E-state index is 1.12. The second-order valence-corrected chi connectivity index (χ2v) is 6.00. The fourth-order valence-corrected chi connectivity index (χ4v) is 4.17. The highest BCUT2D eigenvalue weighted by molar-refractivity contribution is 9.10. The van der Waals surface area contributed by atoms with Gasteiger partial charge in [0, 0.05) is 4.47 Å². The number of rotatable bonds is 2. The van der Waals surface area contributed by atoms with Gasteiger partial charge in [-0.15, -0.1) is 0 Å². The summed E-state index contributed by atoms with van der Waals surface area (Å²) in [7, 11) is 0. The van der Waals surface area contributed by atoms with E-state index in [1.54, 1.807) is 27.8 Å². The number of halogens is 1. The lowest BCUT2D eigenvalue weighted by Gasteiger charge is -2.24. The molecule has 0 saturated carbocycles. The Morgan fingerprint density at radius 2 is 1.88 bits per heavy atom. The molecule has 0 unspecified atom stereocenters. The van der Waals surface area contributed by atoms with Crippen molar-refractivity contribution in [2.24, 2.45) is 0 Å². The lowest BCUT2D eigenvalue weighted by Crippen LogP contribution is -2.11. The van der Waals surface area contributed by atoms with Gasteiger partial charge in [0.25, 0.3) is 0 Å². The van der Waals surface area contributed by atoms with E-state index in [2.05, 4.69) is 35.0 Å². The molecular weight excluding hydrogens is 272 g/mol. The monoisotopic (exact) mass is 290 g/mol. The van der Waals surface area contributed by atoms with Gasteiger partial charge in [-0.3, -0.25) is 0 Å². The van der Waals surface area contributed by atoms with Crippen molar-refractivity contribution in [2.45, 2.75) is 51.9 Å². The molecule has 3 rings (SSSR count). The van der Waals surface area contributed by atoms with Gasteiger partial charge in [0.05, 0.1) is 0 Å². The highest BCUT2D eigenvalue weighted by Crippen LogP contribution is 2.40. The van der Waals surface area contributed by atoms with Gasteiger partial charge >= 0.3 is 0 Å². The second kappa shape index (κ2) is 4.61. The van der Waals surface area contributed by atoms with Crippen molar-refractivity contribution in [3.05, 3.63) is 38.4 Å². The maximum absolute atomic E-state index is 3.86. The van der Waals surface area contributed by atoms with Crippen molar-refractivity contribution in [1.29, 1.82) is 0 Å². The van der Waals surface area contributed by atoms with Crippen molar-refractivity contribution in [1.82, 2.24) is 0 Å². The van der Waals surface area contributed by atoms with Gasteiger partial charge in [0.15, 0.2) is 0 Å². The Kier molecular flexibility index (Phi) is 3.12. The summed E-state index contributed by atoms with van der Waals surface area (Å²) in [6, 6.07) is 0. The maximum Gasteiger partial charge on any atom is 0.0251 e. The zero-order valence-corrected chi connectivity index (χ0v) is 12.1. The topological polar surface area (TPSA) is 0 Å². The van der Waals surface area contributed by atoms with E-state index in [0.717, 1.165) is 6.42 Å². The van der Waals surface area contributed by atoms with Crippen LogP contribution in [0.15, 0.2) is 10.5 Å². The molecule has 0 aliphatic heterocycles. The molecular formula is C16H19Br. The van der Waals surface area contributed by atoms with Crippen LogP contribution in [-0.4, -0.2) is 0 Å². The van der Waals surface area contributed by atoms with Crippen LogP contribution in [0.4, 0.5) is 0 Å². The molecule has 0 radical (unpaired) electrons. The maximum atomic E-state index is 3.86. The minimum Gasteiger partial charge on any atom is -0.0795 e. The van der Waals surface area contributed by atoms with E-state index in [4.69, 9.17) is 0 Å². The average Bonchev–Trinajstić information content (AvgIpc) is 2.84. The van der Waals surface area contributed by atoms with Crippen molar-refractivity contribution in [2.75, 3.05) is 0 Å². The van der Waals surface area contributed by atoms with Crippen LogP contribution < -0.4 is 0 Å². The number of hydrogen-bond acceptors (Lipinski definition) is 0. The highest BCUT2D eigenvalue weighted by Gasteiger charge is 2.23. The van der Waals surface area contributed by atoms with E-state index >= 15 is 0 Å². The zero-order chi connectivity index (χ0) is 11.8. The SMILES string of the molecule is CCCc1c2c(c(Br)c3c1CCCC3)CC=C2. The molecule has 2 aliphatic rings. The van der Waals surface area contributed by atoms with E-state index in [-0.39, 0.29) is 0 Å². The summed E-state index contributed by atoms with van der Waals surface area (Å²) >= 11 is 3.86. The minimum atomic E-state index is 1.12. The molecule has 90 valence electrons. The number of hydrogen-bond donors (Lipinski definition) is 0. The Hall–Kier alpha value is -0.560. The van der Waals surface area contributed by atoms with E-state index in [1.807, 2.05) is 0 Å². The molecule has 0 fully saturated rings. The molecule has 17 heavy (non-hydrogen) atoms. The Bertz CT molecular complexity index is 483. The molecule has 1 aromatic rings. The van der Waals surface area contributed by atoms with Crippen molar-refractivity contribution >= 4 is 22.0 Å². The molecule has 0 saturated heterocycles. The summed E-state index contributed by atoms with van der Waals surface area (Å²) in [6.07, 6.45) is 13.6. The van der Waals surface area contributed by atoms with Crippen LogP contribution in [-0.2, 0) is 25.7 Å². The molecule has 0 N–H and O–H groups in total. The van der Waals surface area contributed by atoms with Crippen LogP contribution in [0.25, 0.3) is 6.08 Å². The van der Waals surface area contributed by atoms with Gasteiger partial charge in [-0.2, -0.15) is 0 Å². The first-order valence-corrected chi connectivity index (χ1v) is 7.63. The first-order valence-electron chi connectivity index (χ1n) is 6.84. The van der Waals surface area contributed by atoms with Gasteiger partial charge in [-0.05, 0) is 66.3 Å². The summed E-state index contributed by atoms with van der Waals surface area (Å²) in [5, 5.41) is 0. The molecule has 2 aliphatic carbocycles. The van der Waals surface area contributed by atoms with Crippen LogP contribution in [0.1, 0.15) is 54.0 Å². The fraction of sp³-hybridized carbons (Fsp3) is 0.500. The molecule has 0 atom stereocenters. The van der Waals surface area contributed by atoms with Crippen molar-refractivity contribution < 1.29 is 0 Å². The number of fused-ring (bicyclic) bond motifs is 2. The van der Waals surface area contributed by atoms with Gasteiger partial charge in [0.1, 0.15) is 0 Å². The Balaban J connectivity index is 2.24. The van der Waals surface area contributed by atoms with Crippen LogP contribution in [0.2, 0.25) is 0 Å². The Morgan fingerprint density at radius 3 is 2.65 bits per heavy atom. The lowest BCUT2D eigenvalue weighted by atomic mass is 9.83. The predicted octanol–water partition coefficient (Wildman–Crippen LogP) is 4.85. The first kappa shape index (κ1) is 11.5. The average molecular weight is 291 g/mol. The summed E-state index contributed by atoms with van der Waals surface area (Å²) in [5.74, 6) is 0. The van der Waals surface area contributed by atoms with Crippen LogP contribution in [0.3, 0.4) is 0 Å². The molecule has 1 heteroatoms. The third kappa shape index (κ3) is 1.79. The molecule has 0 spiro atoms. The fourth-order valence-electron chi connectivity index (χ4n) is 3.36. The van der Waals surface area contributed by atoms with Crippen LogP contribution >= 0.6 is 15.9 Å². The van der Waals surface area contributed by atoms with E-state index in [0.29, 0.717) is 0 Å².